The van der Waals surface area contributed by atoms with Crippen LogP contribution in [0.3, 0.4) is 0 Å². The van der Waals surface area contributed by atoms with Crippen LogP contribution < -0.4 is 19.9 Å². The van der Waals surface area contributed by atoms with Crippen LogP contribution in [-0.2, 0) is 13.0 Å². The van der Waals surface area contributed by atoms with Crippen LogP contribution in [0.25, 0.3) is 0 Å². The normalized spacial score (nSPS) is 10.2. The van der Waals surface area contributed by atoms with Gasteiger partial charge in [-0.05, 0) is 42.8 Å². The van der Waals surface area contributed by atoms with Crippen molar-refractivity contribution in [3.8, 4) is 17.4 Å². The van der Waals surface area contributed by atoms with Gasteiger partial charge in [-0.1, -0.05) is 6.07 Å². The number of benzene rings is 1. The predicted octanol–water partition coefficient (Wildman–Crippen LogP) is 2.18. The molecule has 1 aromatic heterocycles. The molecule has 0 saturated heterocycles. The number of hydrogen-bond acceptors (Lipinski definition) is 5. The molecule has 1 heterocycles. The third-order valence-corrected chi connectivity index (χ3v) is 3.09. The molecule has 2 N–H and O–H groups in total. The topological polar surface area (TPSA) is 66.6 Å². The summed E-state index contributed by atoms with van der Waals surface area (Å²) < 4.78 is 16.4. The van der Waals surface area contributed by atoms with Gasteiger partial charge in [-0.25, -0.2) is 4.98 Å². The summed E-state index contributed by atoms with van der Waals surface area (Å²) in [7, 11) is 3.22. The molecule has 1 aromatic carbocycles. The first kappa shape index (κ1) is 15.1. The minimum Gasteiger partial charge on any atom is -0.493 e. The summed E-state index contributed by atoms with van der Waals surface area (Å²) in [6, 6.07) is 9.60. The first-order valence-electron chi connectivity index (χ1n) is 6.76. The number of aromatic nitrogens is 1. The molecule has 112 valence electrons. The van der Waals surface area contributed by atoms with Gasteiger partial charge in [-0.15, -0.1) is 0 Å². The second kappa shape index (κ2) is 7.50. The average Bonchev–Trinajstić information content (AvgIpc) is 2.54. The van der Waals surface area contributed by atoms with Gasteiger partial charge in [0, 0.05) is 6.20 Å². The number of pyridine rings is 1. The minimum atomic E-state index is 0.365. The zero-order valence-corrected chi connectivity index (χ0v) is 12.3. The molecule has 0 amide bonds. The Morgan fingerprint density at radius 2 is 1.95 bits per heavy atom. The van der Waals surface area contributed by atoms with E-state index in [0.717, 1.165) is 17.5 Å². The Balaban J connectivity index is 2.12. The van der Waals surface area contributed by atoms with Crippen molar-refractivity contribution in [3.05, 3.63) is 47.7 Å². The van der Waals surface area contributed by atoms with Gasteiger partial charge in [-0.2, -0.15) is 0 Å². The molecule has 0 fully saturated rings. The van der Waals surface area contributed by atoms with Gasteiger partial charge < -0.3 is 19.9 Å². The molecular weight excluding hydrogens is 268 g/mol. The van der Waals surface area contributed by atoms with Crippen molar-refractivity contribution in [3.63, 3.8) is 0 Å². The fraction of sp³-hybridized carbons (Fsp3) is 0.312. The van der Waals surface area contributed by atoms with E-state index in [1.54, 1.807) is 20.4 Å². The zero-order valence-electron chi connectivity index (χ0n) is 12.3. The van der Waals surface area contributed by atoms with E-state index >= 15 is 0 Å². The van der Waals surface area contributed by atoms with Gasteiger partial charge >= 0.3 is 0 Å². The molecular formula is C16H20N2O3. The summed E-state index contributed by atoms with van der Waals surface area (Å²) in [5.74, 6) is 1.95. The third kappa shape index (κ3) is 3.86. The highest BCUT2D eigenvalue weighted by Crippen LogP contribution is 2.29. The van der Waals surface area contributed by atoms with Crippen LogP contribution in [0.2, 0.25) is 0 Å². The predicted molar refractivity (Wildman–Crippen MR) is 80.9 cm³/mol. The molecule has 2 aromatic rings. The van der Waals surface area contributed by atoms with E-state index in [1.165, 1.54) is 0 Å². The van der Waals surface area contributed by atoms with Crippen LogP contribution in [0.1, 0.15) is 11.1 Å². The van der Waals surface area contributed by atoms with Gasteiger partial charge in [0.2, 0.25) is 5.88 Å². The Morgan fingerprint density at radius 1 is 1.10 bits per heavy atom. The highest BCUT2D eigenvalue weighted by atomic mass is 16.5. The van der Waals surface area contributed by atoms with E-state index in [0.29, 0.717) is 30.5 Å². The Bertz CT molecular complexity index is 587. The zero-order chi connectivity index (χ0) is 15.1. The van der Waals surface area contributed by atoms with E-state index in [1.807, 2.05) is 30.3 Å². The van der Waals surface area contributed by atoms with Gasteiger partial charge in [0.25, 0.3) is 0 Å². The number of hydrogen-bond donors (Lipinski definition) is 1. The average molecular weight is 288 g/mol. The molecule has 0 unspecified atom stereocenters. The van der Waals surface area contributed by atoms with Crippen molar-refractivity contribution in [1.29, 1.82) is 0 Å². The Hall–Kier alpha value is -2.27. The molecule has 5 heteroatoms. The van der Waals surface area contributed by atoms with Crippen LogP contribution in [0.5, 0.6) is 17.4 Å². The van der Waals surface area contributed by atoms with Crippen LogP contribution >= 0.6 is 0 Å². The molecule has 2 rings (SSSR count). The van der Waals surface area contributed by atoms with Crippen molar-refractivity contribution in [2.24, 2.45) is 5.73 Å². The van der Waals surface area contributed by atoms with Crippen LogP contribution in [-0.4, -0.2) is 25.7 Å². The van der Waals surface area contributed by atoms with E-state index in [9.17, 15) is 0 Å². The van der Waals surface area contributed by atoms with Gasteiger partial charge in [0.05, 0.1) is 19.8 Å². The van der Waals surface area contributed by atoms with Crippen molar-refractivity contribution in [1.82, 2.24) is 4.98 Å². The third-order valence-electron chi connectivity index (χ3n) is 3.09. The Kier molecular flexibility index (Phi) is 5.40. The van der Waals surface area contributed by atoms with E-state index in [-0.39, 0.29) is 0 Å². The molecule has 0 bridgehead atoms. The number of ether oxygens (including phenoxy) is 3. The summed E-state index contributed by atoms with van der Waals surface area (Å²) in [6.07, 6.45) is 2.50. The SMILES string of the molecule is COc1cc(CCN)ccc1OCc1cccnc1OC. The van der Waals surface area contributed by atoms with Crippen molar-refractivity contribution in [2.45, 2.75) is 13.0 Å². The number of methoxy groups -OCH3 is 2. The largest absolute Gasteiger partial charge is 0.493 e. The van der Waals surface area contributed by atoms with Gasteiger partial charge in [-0.3, -0.25) is 0 Å². The first-order valence-corrected chi connectivity index (χ1v) is 6.76. The van der Waals surface area contributed by atoms with Gasteiger partial charge in [0.15, 0.2) is 11.5 Å². The Morgan fingerprint density at radius 3 is 2.67 bits per heavy atom. The number of nitrogens with zero attached hydrogens (tertiary/aromatic N) is 1. The van der Waals surface area contributed by atoms with Gasteiger partial charge in [0.1, 0.15) is 6.61 Å². The molecule has 0 spiro atoms. The molecule has 0 aliphatic carbocycles. The summed E-state index contributed by atoms with van der Waals surface area (Å²) >= 11 is 0. The highest BCUT2D eigenvalue weighted by Gasteiger charge is 2.08. The lowest BCUT2D eigenvalue weighted by Crippen LogP contribution is -2.04. The maximum absolute atomic E-state index is 5.81. The summed E-state index contributed by atoms with van der Waals surface area (Å²) in [5.41, 5.74) is 7.57. The summed E-state index contributed by atoms with van der Waals surface area (Å²) in [5, 5.41) is 0. The molecule has 0 saturated carbocycles. The van der Waals surface area contributed by atoms with Crippen molar-refractivity contribution < 1.29 is 14.2 Å². The lowest BCUT2D eigenvalue weighted by atomic mass is 10.1. The minimum absolute atomic E-state index is 0.365. The first-order chi connectivity index (χ1) is 10.3. The van der Waals surface area contributed by atoms with Crippen LogP contribution in [0.4, 0.5) is 0 Å². The molecule has 21 heavy (non-hydrogen) atoms. The molecule has 0 aliphatic heterocycles. The fourth-order valence-electron chi connectivity index (χ4n) is 2.03. The highest BCUT2D eigenvalue weighted by molar-refractivity contribution is 5.43. The lowest BCUT2D eigenvalue weighted by molar-refractivity contribution is 0.276. The Labute approximate surface area is 124 Å². The van der Waals surface area contributed by atoms with Crippen molar-refractivity contribution in [2.75, 3.05) is 20.8 Å². The maximum atomic E-state index is 5.81. The standard InChI is InChI=1S/C16H20N2O3/c1-19-15-10-12(7-8-17)5-6-14(15)21-11-13-4-3-9-18-16(13)20-2/h3-6,9-10H,7-8,11,17H2,1-2H3. The second-order valence-electron chi connectivity index (χ2n) is 4.48. The smallest absolute Gasteiger partial charge is 0.219 e. The second-order valence-corrected chi connectivity index (χ2v) is 4.48. The van der Waals surface area contributed by atoms with E-state index in [4.69, 9.17) is 19.9 Å². The van der Waals surface area contributed by atoms with E-state index in [2.05, 4.69) is 4.98 Å². The lowest BCUT2D eigenvalue weighted by Gasteiger charge is -2.13. The van der Waals surface area contributed by atoms with E-state index < -0.39 is 0 Å². The summed E-state index contributed by atoms with van der Waals surface area (Å²) in [4.78, 5) is 4.14. The molecule has 0 radical (unpaired) electrons. The molecule has 0 aliphatic rings. The summed E-state index contributed by atoms with van der Waals surface area (Å²) in [6.45, 7) is 0.972. The molecule has 5 nitrogen and oxygen atoms in total. The number of nitrogens with two attached hydrogens (primary N) is 1. The maximum Gasteiger partial charge on any atom is 0.219 e. The van der Waals surface area contributed by atoms with Crippen LogP contribution in [0.15, 0.2) is 36.5 Å². The monoisotopic (exact) mass is 288 g/mol. The van der Waals surface area contributed by atoms with Crippen molar-refractivity contribution >= 4 is 0 Å². The number of rotatable bonds is 7. The quantitative estimate of drug-likeness (QED) is 0.846. The molecule has 0 atom stereocenters. The van der Waals surface area contributed by atoms with Crippen LogP contribution in [0, 0.1) is 0 Å². The fourth-order valence-corrected chi connectivity index (χ4v) is 2.03.